The van der Waals surface area contributed by atoms with Crippen LogP contribution >= 0.6 is 11.3 Å². The third-order valence-electron chi connectivity index (χ3n) is 4.31. The average molecular weight is 333 g/mol. The molecule has 3 heterocycles. The first-order valence-electron chi connectivity index (χ1n) is 8.21. The lowest BCUT2D eigenvalue weighted by molar-refractivity contribution is 0.181. The van der Waals surface area contributed by atoms with Gasteiger partial charge in [0.25, 0.3) is 0 Å². The summed E-state index contributed by atoms with van der Waals surface area (Å²) < 4.78 is 0. The number of hydrogen-bond acceptors (Lipinski definition) is 4. The lowest BCUT2D eigenvalue weighted by atomic mass is 9.94. The molecule has 124 valence electrons. The number of thiazole rings is 1. The summed E-state index contributed by atoms with van der Waals surface area (Å²) in [5.41, 5.74) is 1.18. The highest BCUT2D eigenvalue weighted by molar-refractivity contribution is 7.11. The fourth-order valence-corrected chi connectivity index (χ4v) is 3.76. The number of likely N-dealkylation sites (tertiary alicyclic amines) is 1. The lowest BCUT2D eigenvalue weighted by Gasteiger charge is -2.31. The number of nitrogens with zero attached hydrogens (tertiary/aromatic N) is 3. The van der Waals surface area contributed by atoms with Crippen LogP contribution < -0.4 is 5.32 Å². The van der Waals surface area contributed by atoms with E-state index < -0.39 is 0 Å². The average Bonchev–Trinajstić information content (AvgIpc) is 3.26. The van der Waals surface area contributed by atoms with Crippen molar-refractivity contribution in [3.05, 3.63) is 34.3 Å². The maximum Gasteiger partial charge on any atom is 0.317 e. The normalized spacial score (nSPS) is 15.8. The van der Waals surface area contributed by atoms with Crippen LogP contribution in [0.3, 0.4) is 0 Å². The van der Waals surface area contributed by atoms with Crippen molar-refractivity contribution in [2.45, 2.75) is 38.5 Å². The van der Waals surface area contributed by atoms with Gasteiger partial charge in [-0.15, -0.1) is 11.3 Å². The molecule has 6 nitrogen and oxygen atoms in total. The van der Waals surface area contributed by atoms with Crippen LogP contribution in [0.1, 0.15) is 41.3 Å². The number of urea groups is 1. The van der Waals surface area contributed by atoms with Gasteiger partial charge in [0.15, 0.2) is 0 Å². The number of H-pyrrole nitrogens is 1. The highest BCUT2D eigenvalue weighted by Crippen LogP contribution is 2.26. The third kappa shape index (κ3) is 4.10. The highest BCUT2D eigenvalue weighted by Gasteiger charge is 2.24. The largest absolute Gasteiger partial charge is 0.348 e. The molecule has 1 aliphatic heterocycles. The number of carbonyl (C=O) groups is 1. The van der Waals surface area contributed by atoms with E-state index >= 15 is 0 Å². The van der Waals surface area contributed by atoms with Crippen LogP contribution in [0.15, 0.2) is 18.7 Å². The zero-order chi connectivity index (χ0) is 16.1. The Morgan fingerprint density at radius 2 is 2.26 bits per heavy atom. The summed E-state index contributed by atoms with van der Waals surface area (Å²) in [6, 6.07) is 0.0420. The number of carbonyl (C=O) groups excluding carboxylic acids is 1. The molecular weight excluding hydrogens is 310 g/mol. The van der Waals surface area contributed by atoms with Gasteiger partial charge in [-0.25, -0.2) is 14.8 Å². The van der Waals surface area contributed by atoms with Crippen molar-refractivity contribution in [2.75, 3.05) is 19.6 Å². The minimum atomic E-state index is 0.0420. The highest BCUT2D eigenvalue weighted by atomic mass is 32.1. The summed E-state index contributed by atoms with van der Waals surface area (Å²) in [5.74, 6) is 0.490. The van der Waals surface area contributed by atoms with Crippen LogP contribution in [0.25, 0.3) is 0 Å². The number of nitrogens with one attached hydrogen (secondary N) is 2. The summed E-state index contributed by atoms with van der Waals surface area (Å²) in [4.78, 5) is 27.1. The van der Waals surface area contributed by atoms with Crippen LogP contribution in [0, 0.1) is 0 Å². The Kier molecular flexibility index (Phi) is 5.27. The molecule has 0 aliphatic carbocycles. The van der Waals surface area contributed by atoms with Gasteiger partial charge in [-0.1, -0.05) is 6.92 Å². The number of imidazole rings is 1. The second-order valence-corrected chi connectivity index (χ2v) is 7.02. The van der Waals surface area contributed by atoms with E-state index in [0.717, 1.165) is 43.8 Å². The van der Waals surface area contributed by atoms with Gasteiger partial charge >= 0.3 is 6.03 Å². The van der Waals surface area contributed by atoms with Crippen LogP contribution in [0.5, 0.6) is 0 Å². The van der Waals surface area contributed by atoms with Crippen molar-refractivity contribution in [1.29, 1.82) is 0 Å². The zero-order valence-electron chi connectivity index (χ0n) is 13.4. The van der Waals surface area contributed by atoms with Crippen LogP contribution in [0.4, 0.5) is 4.79 Å². The molecule has 0 saturated carbocycles. The SMILES string of the molecule is CCc1cnc(CCNC(=O)N2CCC(c3cnc[nH]3)CC2)s1. The summed E-state index contributed by atoms with van der Waals surface area (Å²) >= 11 is 1.73. The van der Waals surface area contributed by atoms with Gasteiger partial charge in [0, 0.05) is 54.9 Å². The molecule has 1 fully saturated rings. The standard InChI is InChI=1S/C16H23N5OS/c1-2-13-9-19-15(23-13)3-6-18-16(22)21-7-4-12(5-8-21)14-10-17-11-20-14/h9-12H,2-8H2,1H3,(H,17,20)(H,18,22). The Hall–Kier alpha value is -1.89. The summed E-state index contributed by atoms with van der Waals surface area (Å²) in [5, 5.41) is 4.11. The van der Waals surface area contributed by atoms with Gasteiger partial charge in [-0.2, -0.15) is 0 Å². The van der Waals surface area contributed by atoms with E-state index in [4.69, 9.17) is 0 Å². The molecule has 23 heavy (non-hydrogen) atoms. The van der Waals surface area contributed by atoms with E-state index in [2.05, 4.69) is 27.2 Å². The Balaban J connectivity index is 1.39. The number of hydrogen-bond donors (Lipinski definition) is 2. The minimum absolute atomic E-state index is 0.0420. The van der Waals surface area contributed by atoms with E-state index in [1.165, 1.54) is 10.6 Å². The van der Waals surface area contributed by atoms with E-state index in [0.29, 0.717) is 12.5 Å². The van der Waals surface area contributed by atoms with Crippen LogP contribution in [-0.2, 0) is 12.8 Å². The molecule has 2 aromatic heterocycles. The molecular formula is C16H23N5OS. The van der Waals surface area contributed by atoms with Crippen molar-refractivity contribution in [1.82, 2.24) is 25.2 Å². The monoisotopic (exact) mass is 333 g/mol. The van der Waals surface area contributed by atoms with Gasteiger partial charge < -0.3 is 15.2 Å². The Bertz CT molecular complexity index is 616. The summed E-state index contributed by atoms with van der Waals surface area (Å²) in [7, 11) is 0. The first kappa shape index (κ1) is 16.0. The van der Waals surface area contributed by atoms with Crippen molar-refractivity contribution in [2.24, 2.45) is 0 Å². The molecule has 0 spiro atoms. The molecule has 2 N–H and O–H groups in total. The maximum absolute atomic E-state index is 12.2. The fourth-order valence-electron chi connectivity index (χ4n) is 2.90. The van der Waals surface area contributed by atoms with Crippen molar-refractivity contribution in [3.63, 3.8) is 0 Å². The number of aromatic amines is 1. The number of aryl methyl sites for hydroxylation is 1. The Morgan fingerprint density at radius 3 is 2.91 bits per heavy atom. The second kappa shape index (κ2) is 7.59. The molecule has 2 amide bonds. The number of rotatable bonds is 5. The van der Waals surface area contributed by atoms with Crippen molar-refractivity contribution in [3.8, 4) is 0 Å². The fraction of sp³-hybridized carbons (Fsp3) is 0.562. The molecule has 3 rings (SSSR count). The van der Waals surface area contributed by atoms with Crippen LogP contribution in [-0.4, -0.2) is 45.5 Å². The smallest absolute Gasteiger partial charge is 0.317 e. The second-order valence-electron chi connectivity index (χ2n) is 5.82. The molecule has 0 radical (unpaired) electrons. The van der Waals surface area contributed by atoms with Crippen molar-refractivity contribution < 1.29 is 4.79 Å². The van der Waals surface area contributed by atoms with Gasteiger partial charge in [-0.05, 0) is 19.3 Å². The van der Waals surface area contributed by atoms with Gasteiger partial charge in [0.05, 0.1) is 11.3 Å². The molecule has 0 atom stereocenters. The zero-order valence-corrected chi connectivity index (χ0v) is 14.2. The molecule has 0 aromatic carbocycles. The Labute approximate surface area is 140 Å². The number of piperidine rings is 1. The van der Waals surface area contributed by atoms with E-state index in [1.807, 2.05) is 17.3 Å². The van der Waals surface area contributed by atoms with Gasteiger partial charge in [0.2, 0.25) is 0 Å². The van der Waals surface area contributed by atoms with E-state index in [-0.39, 0.29) is 6.03 Å². The number of aromatic nitrogens is 3. The predicted molar refractivity (Wildman–Crippen MR) is 90.7 cm³/mol. The van der Waals surface area contributed by atoms with E-state index in [1.54, 1.807) is 17.7 Å². The summed E-state index contributed by atoms with van der Waals surface area (Å²) in [6.45, 7) is 4.38. The maximum atomic E-state index is 12.2. The van der Waals surface area contributed by atoms with Crippen molar-refractivity contribution >= 4 is 17.4 Å². The van der Waals surface area contributed by atoms with Crippen LogP contribution in [0.2, 0.25) is 0 Å². The topological polar surface area (TPSA) is 73.9 Å². The summed E-state index contributed by atoms with van der Waals surface area (Å²) in [6.07, 6.45) is 9.35. The third-order valence-corrected chi connectivity index (χ3v) is 5.51. The minimum Gasteiger partial charge on any atom is -0.348 e. The quantitative estimate of drug-likeness (QED) is 0.883. The molecule has 0 unspecified atom stereocenters. The van der Waals surface area contributed by atoms with E-state index in [9.17, 15) is 4.79 Å². The molecule has 0 bridgehead atoms. The van der Waals surface area contributed by atoms with Gasteiger partial charge in [-0.3, -0.25) is 0 Å². The molecule has 7 heteroatoms. The number of amides is 2. The molecule has 1 aliphatic rings. The Morgan fingerprint density at radius 1 is 1.43 bits per heavy atom. The molecule has 2 aromatic rings. The first-order valence-corrected chi connectivity index (χ1v) is 9.02. The predicted octanol–water partition coefficient (Wildman–Crippen LogP) is 2.56. The molecule has 1 saturated heterocycles. The van der Waals surface area contributed by atoms with Gasteiger partial charge in [0.1, 0.15) is 0 Å². The lowest BCUT2D eigenvalue weighted by Crippen LogP contribution is -2.44. The first-order chi connectivity index (χ1) is 11.3.